The number of aryl methyl sites for hydroxylation is 2. The molecule has 0 atom stereocenters. The topological polar surface area (TPSA) is 37.8 Å². The Bertz CT molecular complexity index is 561. The molecule has 3 nitrogen and oxygen atoms in total. The van der Waals surface area contributed by atoms with Crippen LogP contribution in [-0.2, 0) is 12.8 Å². The fraction of sp³-hybridized carbons (Fsp3) is 0.375. The summed E-state index contributed by atoms with van der Waals surface area (Å²) in [5, 5.41) is 3.11. The smallest absolute Gasteiger partial charge is 0.222 e. The Kier molecular flexibility index (Phi) is 3.45. The highest BCUT2D eigenvalue weighted by molar-refractivity contribution is 5.64. The maximum absolute atomic E-state index is 4.33. The molecular formula is C16H19N3. The van der Waals surface area contributed by atoms with Crippen LogP contribution >= 0.6 is 0 Å². The highest BCUT2D eigenvalue weighted by Gasteiger charge is 2.10. The minimum Gasteiger partial charge on any atom is -0.355 e. The predicted octanol–water partition coefficient (Wildman–Crippen LogP) is 3.45. The van der Waals surface area contributed by atoms with Gasteiger partial charge in [0.2, 0.25) is 5.95 Å². The Morgan fingerprint density at radius 2 is 1.74 bits per heavy atom. The summed E-state index contributed by atoms with van der Waals surface area (Å²) < 4.78 is 0. The van der Waals surface area contributed by atoms with E-state index in [9.17, 15) is 0 Å². The Balaban J connectivity index is 1.89. The molecule has 0 fully saturated rings. The number of benzene rings is 1. The van der Waals surface area contributed by atoms with Gasteiger partial charge in [-0.05, 0) is 49.3 Å². The van der Waals surface area contributed by atoms with Gasteiger partial charge in [0.15, 0.2) is 0 Å². The normalized spacial score (nSPS) is 13.9. The maximum Gasteiger partial charge on any atom is 0.222 e. The first kappa shape index (κ1) is 12.2. The lowest BCUT2D eigenvalue weighted by atomic mass is 9.89. The third-order valence-electron chi connectivity index (χ3n) is 3.67. The average molecular weight is 253 g/mol. The maximum atomic E-state index is 4.33. The van der Waals surface area contributed by atoms with E-state index in [4.69, 9.17) is 0 Å². The summed E-state index contributed by atoms with van der Waals surface area (Å²) in [6, 6.07) is 6.76. The van der Waals surface area contributed by atoms with Crippen molar-refractivity contribution >= 4 is 5.95 Å². The first-order valence-corrected chi connectivity index (χ1v) is 7.05. The van der Waals surface area contributed by atoms with E-state index in [1.807, 2.05) is 19.3 Å². The van der Waals surface area contributed by atoms with E-state index in [1.54, 1.807) is 0 Å². The van der Waals surface area contributed by atoms with Crippen LogP contribution in [0.5, 0.6) is 0 Å². The van der Waals surface area contributed by atoms with Gasteiger partial charge in [-0.2, -0.15) is 0 Å². The molecule has 1 N–H and O–H groups in total. The molecule has 98 valence electrons. The van der Waals surface area contributed by atoms with Crippen LogP contribution in [0, 0.1) is 0 Å². The predicted molar refractivity (Wildman–Crippen MR) is 78.3 cm³/mol. The molecule has 0 saturated carbocycles. The zero-order valence-corrected chi connectivity index (χ0v) is 11.3. The van der Waals surface area contributed by atoms with E-state index in [1.165, 1.54) is 42.4 Å². The first-order valence-electron chi connectivity index (χ1n) is 7.05. The molecule has 19 heavy (non-hydrogen) atoms. The van der Waals surface area contributed by atoms with Crippen molar-refractivity contribution in [3.8, 4) is 11.1 Å². The van der Waals surface area contributed by atoms with Gasteiger partial charge in [0, 0.05) is 24.5 Å². The van der Waals surface area contributed by atoms with Crippen LogP contribution < -0.4 is 5.32 Å². The molecule has 0 radical (unpaired) electrons. The van der Waals surface area contributed by atoms with Gasteiger partial charge in [0.1, 0.15) is 0 Å². The second-order valence-corrected chi connectivity index (χ2v) is 5.02. The molecule has 0 aliphatic heterocycles. The van der Waals surface area contributed by atoms with Crippen molar-refractivity contribution in [2.45, 2.75) is 32.6 Å². The van der Waals surface area contributed by atoms with Crippen LogP contribution in [0.1, 0.15) is 30.9 Å². The highest BCUT2D eigenvalue weighted by atomic mass is 15.1. The number of nitrogens with zero attached hydrogens (tertiary/aromatic N) is 2. The van der Waals surface area contributed by atoms with E-state index in [-0.39, 0.29) is 0 Å². The zero-order valence-electron chi connectivity index (χ0n) is 11.3. The molecule has 0 unspecified atom stereocenters. The SMILES string of the molecule is CCNc1ncc(-c2ccc3c(c2)CCCC3)cn1. The van der Waals surface area contributed by atoms with Crippen LogP contribution in [-0.4, -0.2) is 16.5 Å². The molecular weight excluding hydrogens is 234 g/mol. The van der Waals surface area contributed by atoms with Crippen molar-refractivity contribution in [1.82, 2.24) is 9.97 Å². The Labute approximate surface area is 114 Å². The van der Waals surface area contributed by atoms with Crippen molar-refractivity contribution < 1.29 is 0 Å². The number of fused-ring (bicyclic) bond motifs is 1. The van der Waals surface area contributed by atoms with Gasteiger partial charge in [0.05, 0.1) is 0 Å². The van der Waals surface area contributed by atoms with Crippen LogP contribution in [0.15, 0.2) is 30.6 Å². The summed E-state index contributed by atoms with van der Waals surface area (Å²) in [5.41, 5.74) is 5.33. The summed E-state index contributed by atoms with van der Waals surface area (Å²) in [7, 11) is 0. The van der Waals surface area contributed by atoms with Crippen molar-refractivity contribution in [3.05, 3.63) is 41.7 Å². The van der Waals surface area contributed by atoms with Crippen molar-refractivity contribution in [2.24, 2.45) is 0 Å². The molecule has 2 aromatic rings. The second-order valence-electron chi connectivity index (χ2n) is 5.02. The van der Waals surface area contributed by atoms with Gasteiger partial charge in [0.25, 0.3) is 0 Å². The summed E-state index contributed by atoms with van der Waals surface area (Å²) in [6.45, 7) is 2.89. The monoisotopic (exact) mass is 253 g/mol. The van der Waals surface area contributed by atoms with Crippen molar-refractivity contribution in [1.29, 1.82) is 0 Å². The second kappa shape index (κ2) is 5.39. The van der Waals surface area contributed by atoms with E-state index >= 15 is 0 Å². The lowest BCUT2D eigenvalue weighted by Gasteiger charge is -2.16. The van der Waals surface area contributed by atoms with Crippen LogP contribution in [0.2, 0.25) is 0 Å². The molecule has 0 spiro atoms. The molecule has 1 aromatic carbocycles. The Morgan fingerprint density at radius 3 is 2.47 bits per heavy atom. The fourth-order valence-electron chi connectivity index (χ4n) is 2.64. The van der Waals surface area contributed by atoms with Crippen molar-refractivity contribution in [2.75, 3.05) is 11.9 Å². The molecule has 1 aromatic heterocycles. The number of rotatable bonds is 3. The number of aromatic nitrogens is 2. The fourth-order valence-corrected chi connectivity index (χ4v) is 2.64. The minimum atomic E-state index is 0.698. The molecule has 1 heterocycles. The van der Waals surface area contributed by atoms with Gasteiger partial charge >= 0.3 is 0 Å². The molecule has 0 bridgehead atoms. The molecule has 1 aliphatic carbocycles. The van der Waals surface area contributed by atoms with E-state index in [0.29, 0.717) is 5.95 Å². The standard InChI is InChI=1S/C16H19N3/c1-2-17-16-18-10-15(11-19-16)14-8-7-12-5-3-4-6-13(12)9-14/h7-11H,2-6H2,1H3,(H,17,18,19). The van der Waals surface area contributed by atoms with E-state index in [0.717, 1.165) is 12.1 Å². The third-order valence-corrected chi connectivity index (χ3v) is 3.67. The van der Waals surface area contributed by atoms with Gasteiger partial charge in [-0.25, -0.2) is 9.97 Å². The largest absolute Gasteiger partial charge is 0.355 e. The Morgan fingerprint density at radius 1 is 1.00 bits per heavy atom. The summed E-state index contributed by atoms with van der Waals surface area (Å²) in [6.07, 6.45) is 8.87. The number of hydrogen-bond acceptors (Lipinski definition) is 3. The summed E-state index contributed by atoms with van der Waals surface area (Å²) in [4.78, 5) is 8.67. The van der Waals surface area contributed by atoms with Crippen molar-refractivity contribution in [3.63, 3.8) is 0 Å². The summed E-state index contributed by atoms with van der Waals surface area (Å²) >= 11 is 0. The third kappa shape index (κ3) is 2.60. The van der Waals surface area contributed by atoms with Crippen LogP contribution in [0.3, 0.4) is 0 Å². The zero-order chi connectivity index (χ0) is 13.1. The summed E-state index contributed by atoms with van der Waals surface area (Å²) in [5.74, 6) is 0.698. The lowest BCUT2D eigenvalue weighted by Crippen LogP contribution is -2.03. The van der Waals surface area contributed by atoms with Gasteiger partial charge in [-0.15, -0.1) is 0 Å². The van der Waals surface area contributed by atoms with E-state index in [2.05, 4.69) is 33.5 Å². The lowest BCUT2D eigenvalue weighted by molar-refractivity contribution is 0.686. The van der Waals surface area contributed by atoms with Gasteiger partial charge < -0.3 is 5.32 Å². The number of anilines is 1. The first-order chi connectivity index (χ1) is 9.36. The van der Waals surface area contributed by atoms with Gasteiger partial charge in [-0.3, -0.25) is 0 Å². The number of nitrogens with one attached hydrogen (secondary N) is 1. The Hall–Kier alpha value is -1.90. The molecule has 0 amide bonds. The molecule has 3 rings (SSSR count). The quantitative estimate of drug-likeness (QED) is 0.910. The highest BCUT2D eigenvalue weighted by Crippen LogP contribution is 2.26. The molecule has 3 heteroatoms. The molecule has 1 aliphatic rings. The van der Waals surface area contributed by atoms with Gasteiger partial charge in [-0.1, -0.05) is 18.2 Å². The van der Waals surface area contributed by atoms with E-state index < -0.39 is 0 Å². The molecule has 0 saturated heterocycles. The number of hydrogen-bond donors (Lipinski definition) is 1. The average Bonchev–Trinajstić information content (AvgIpc) is 2.48. The van der Waals surface area contributed by atoms with Crippen LogP contribution in [0.4, 0.5) is 5.95 Å². The van der Waals surface area contributed by atoms with Crippen LogP contribution in [0.25, 0.3) is 11.1 Å². The minimum absolute atomic E-state index is 0.698.